The molecule has 2 aromatic rings. The molecule has 0 bridgehead atoms. The average Bonchev–Trinajstić information content (AvgIpc) is 2.79. The molecule has 112 valence electrons. The highest BCUT2D eigenvalue weighted by Gasteiger charge is 2.16. The van der Waals surface area contributed by atoms with Crippen LogP contribution in [0.1, 0.15) is 21.8 Å². The normalized spacial score (nSPS) is 10.7. The van der Waals surface area contributed by atoms with Crippen molar-refractivity contribution >= 4 is 33.1 Å². The molecule has 2 aromatic heterocycles. The first-order valence-electron chi connectivity index (χ1n) is 6.76. The molecule has 0 aliphatic carbocycles. The molecule has 2 rings (SSSR count). The van der Waals surface area contributed by atoms with E-state index in [2.05, 4.69) is 16.9 Å². The molecule has 0 saturated heterocycles. The molecule has 21 heavy (non-hydrogen) atoms. The predicted molar refractivity (Wildman–Crippen MR) is 86.7 cm³/mol. The van der Waals surface area contributed by atoms with E-state index in [0.717, 1.165) is 22.3 Å². The van der Waals surface area contributed by atoms with E-state index in [1.165, 1.54) is 11.3 Å². The molecule has 0 radical (unpaired) electrons. The number of fused-ring (bicyclic) bond motifs is 1. The van der Waals surface area contributed by atoms with E-state index in [0.29, 0.717) is 30.3 Å². The molecule has 6 heteroatoms. The van der Waals surface area contributed by atoms with Crippen LogP contribution in [-0.2, 0) is 4.74 Å². The fraction of sp³-hybridized carbons (Fsp3) is 0.333. The van der Waals surface area contributed by atoms with Crippen LogP contribution >= 0.6 is 11.3 Å². The van der Waals surface area contributed by atoms with Crippen LogP contribution in [0, 0.1) is 6.92 Å². The number of hydrogen-bond acceptors (Lipinski definition) is 5. The Kier molecular flexibility index (Phi) is 5.30. The van der Waals surface area contributed by atoms with Crippen LogP contribution in [0.5, 0.6) is 0 Å². The van der Waals surface area contributed by atoms with Crippen LogP contribution in [-0.4, -0.2) is 30.6 Å². The summed E-state index contributed by atoms with van der Waals surface area (Å²) in [6, 6.07) is 3.79. The number of nitrogen functional groups attached to an aromatic ring is 1. The van der Waals surface area contributed by atoms with Gasteiger partial charge in [-0.25, -0.2) is 4.98 Å². The SMILES string of the molecule is C=CCCOCCNC(=O)c1sc2nc(C)ccc2c1N. The number of aromatic nitrogens is 1. The van der Waals surface area contributed by atoms with E-state index in [9.17, 15) is 4.79 Å². The van der Waals surface area contributed by atoms with Gasteiger partial charge >= 0.3 is 0 Å². The maximum Gasteiger partial charge on any atom is 0.263 e. The van der Waals surface area contributed by atoms with Crippen LogP contribution in [0.15, 0.2) is 24.8 Å². The van der Waals surface area contributed by atoms with Crippen molar-refractivity contribution in [2.45, 2.75) is 13.3 Å². The Morgan fingerprint density at radius 1 is 1.52 bits per heavy atom. The summed E-state index contributed by atoms with van der Waals surface area (Å²) in [4.78, 5) is 17.8. The van der Waals surface area contributed by atoms with Crippen molar-refractivity contribution in [3.05, 3.63) is 35.4 Å². The lowest BCUT2D eigenvalue weighted by atomic mass is 10.2. The number of anilines is 1. The van der Waals surface area contributed by atoms with Crippen LogP contribution in [0.25, 0.3) is 10.2 Å². The standard InChI is InChI=1S/C15H19N3O2S/c1-3-4-8-20-9-7-17-14(19)13-12(16)11-6-5-10(2)18-15(11)21-13/h3,5-6H,1,4,7-9,16H2,2H3,(H,17,19). The second kappa shape index (κ2) is 7.19. The number of amides is 1. The fourth-order valence-corrected chi connectivity index (χ4v) is 2.90. The van der Waals surface area contributed by atoms with Crippen LogP contribution in [0.4, 0.5) is 5.69 Å². The highest BCUT2D eigenvalue weighted by Crippen LogP contribution is 2.32. The van der Waals surface area contributed by atoms with Gasteiger partial charge in [-0.15, -0.1) is 17.9 Å². The monoisotopic (exact) mass is 305 g/mol. The largest absolute Gasteiger partial charge is 0.397 e. The first-order chi connectivity index (χ1) is 10.1. The lowest BCUT2D eigenvalue weighted by molar-refractivity contribution is 0.0922. The summed E-state index contributed by atoms with van der Waals surface area (Å²) >= 11 is 1.32. The van der Waals surface area contributed by atoms with Gasteiger partial charge in [-0.3, -0.25) is 4.79 Å². The van der Waals surface area contributed by atoms with Crippen molar-refractivity contribution in [3.63, 3.8) is 0 Å². The van der Waals surface area contributed by atoms with E-state index in [1.54, 1.807) is 6.08 Å². The summed E-state index contributed by atoms with van der Waals surface area (Å²) in [6.07, 6.45) is 2.60. The Morgan fingerprint density at radius 3 is 3.10 bits per heavy atom. The van der Waals surface area contributed by atoms with Crippen LogP contribution < -0.4 is 11.1 Å². The molecular formula is C15H19N3O2S. The second-order valence-corrected chi connectivity index (χ2v) is 5.59. The van der Waals surface area contributed by atoms with E-state index in [-0.39, 0.29) is 5.91 Å². The fourth-order valence-electron chi connectivity index (χ4n) is 1.84. The summed E-state index contributed by atoms with van der Waals surface area (Å²) in [5.41, 5.74) is 7.43. The number of carbonyl (C=O) groups is 1. The van der Waals surface area contributed by atoms with Gasteiger partial charge in [0, 0.05) is 17.6 Å². The molecule has 0 aliphatic rings. The van der Waals surface area contributed by atoms with Crippen molar-refractivity contribution in [2.24, 2.45) is 0 Å². The third kappa shape index (κ3) is 3.80. The quantitative estimate of drug-likeness (QED) is 0.608. The van der Waals surface area contributed by atoms with Crippen molar-refractivity contribution < 1.29 is 9.53 Å². The summed E-state index contributed by atoms with van der Waals surface area (Å²) < 4.78 is 5.34. The van der Waals surface area contributed by atoms with Gasteiger partial charge in [0.25, 0.3) is 5.91 Å². The van der Waals surface area contributed by atoms with Gasteiger partial charge in [0.1, 0.15) is 9.71 Å². The average molecular weight is 305 g/mol. The number of ether oxygens (including phenoxy) is 1. The molecule has 5 nitrogen and oxygen atoms in total. The van der Waals surface area contributed by atoms with E-state index in [1.807, 2.05) is 19.1 Å². The Bertz CT molecular complexity index is 652. The van der Waals surface area contributed by atoms with Crippen molar-refractivity contribution in [2.75, 3.05) is 25.5 Å². The lowest BCUT2D eigenvalue weighted by Crippen LogP contribution is -2.27. The third-order valence-electron chi connectivity index (χ3n) is 2.94. The number of hydrogen-bond donors (Lipinski definition) is 2. The Balaban J connectivity index is 1.96. The number of nitrogens with two attached hydrogens (primary N) is 1. The first-order valence-corrected chi connectivity index (χ1v) is 7.57. The van der Waals surface area contributed by atoms with E-state index < -0.39 is 0 Å². The number of nitrogens with zero attached hydrogens (tertiary/aromatic N) is 1. The van der Waals surface area contributed by atoms with Crippen molar-refractivity contribution in [1.29, 1.82) is 0 Å². The molecule has 0 fully saturated rings. The summed E-state index contributed by atoms with van der Waals surface area (Å²) in [5.74, 6) is -0.180. The topological polar surface area (TPSA) is 77.2 Å². The van der Waals surface area contributed by atoms with E-state index >= 15 is 0 Å². The summed E-state index contributed by atoms with van der Waals surface area (Å²) in [6.45, 7) is 7.07. The number of carbonyl (C=O) groups excluding carboxylic acids is 1. The molecule has 2 heterocycles. The number of nitrogens with one attached hydrogen (secondary N) is 1. The summed E-state index contributed by atoms with van der Waals surface area (Å²) in [5, 5.41) is 3.64. The first kappa shape index (κ1) is 15.5. The number of thiophene rings is 1. The highest BCUT2D eigenvalue weighted by molar-refractivity contribution is 7.21. The maximum atomic E-state index is 12.1. The zero-order valence-electron chi connectivity index (χ0n) is 12.0. The number of rotatable bonds is 7. The molecular weight excluding hydrogens is 286 g/mol. The number of aryl methyl sites for hydroxylation is 1. The second-order valence-electron chi connectivity index (χ2n) is 4.60. The molecule has 0 spiro atoms. The molecule has 0 saturated carbocycles. The Hall–Kier alpha value is -1.92. The molecule has 3 N–H and O–H groups in total. The van der Waals surface area contributed by atoms with Crippen LogP contribution in [0.3, 0.4) is 0 Å². The zero-order chi connectivity index (χ0) is 15.2. The smallest absolute Gasteiger partial charge is 0.263 e. The molecule has 0 aromatic carbocycles. The van der Waals surface area contributed by atoms with Gasteiger partial charge in [0.15, 0.2) is 0 Å². The molecule has 1 amide bonds. The van der Waals surface area contributed by atoms with Gasteiger partial charge in [-0.2, -0.15) is 0 Å². The number of pyridine rings is 1. The van der Waals surface area contributed by atoms with Gasteiger partial charge in [0.2, 0.25) is 0 Å². The van der Waals surface area contributed by atoms with Crippen LogP contribution in [0.2, 0.25) is 0 Å². The third-order valence-corrected chi connectivity index (χ3v) is 4.05. The highest BCUT2D eigenvalue weighted by atomic mass is 32.1. The van der Waals surface area contributed by atoms with Gasteiger partial charge in [0.05, 0.1) is 18.9 Å². The molecule has 0 unspecified atom stereocenters. The van der Waals surface area contributed by atoms with E-state index in [4.69, 9.17) is 10.5 Å². The van der Waals surface area contributed by atoms with Crippen molar-refractivity contribution in [3.8, 4) is 0 Å². The molecule has 0 aliphatic heterocycles. The Labute approximate surface area is 127 Å². The predicted octanol–water partition coefficient (Wildman–Crippen LogP) is 2.51. The van der Waals surface area contributed by atoms with Gasteiger partial charge in [-0.1, -0.05) is 6.08 Å². The maximum absolute atomic E-state index is 12.1. The minimum atomic E-state index is -0.180. The Morgan fingerprint density at radius 2 is 2.33 bits per heavy atom. The van der Waals surface area contributed by atoms with Crippen molar-refractivity contribution in [1.82, 2.24) is 10.3 Å². The summed E-state index contributed by atoms with van der Waals surface area (Å²) in [7, 11) is 0. The zero-order valence-corrected chi connectivity index (χ0v) is 12.8. The lowest BCUT2D eigenvalue weighted by Gasteiger charge is -2.05. The molecule has 0 atom stereocenters. The van der Waals surface area contributed by atoms with Gasteiger partial charge in [-0.05, 0) is 25.5 Å². The van der Waals surface area contributed by atoms with Gasteiger partial charge < -0.3 is 15.8 Å². The minimum Gasteiger partial charge on any atom is -0.397 e. The minimum absolute atomic E-state index is 0.180.